The van der Waals surface area contributed by atoms with Crippen LogP contribution in [0.25, 0.3) is 33.3 Å². The van der Waals surface area contributed by atoms with Crippen molar-refractivity contribution >= 4 is 27.9 Å². The molecule has 2 heterocycles. The van der Waals surface area contributed by atoms with Crippen molar-refractivity contribution in [2.75, 3.05) is 0 Å². The van der Waals surface area contributed by atoms with Crippen LogP contribution in [0.1, 0.15) is 11.1 Å². The Morgan fingerprint density at radius 3 is 2.50 bits per heavy atom. The Hall–Kier alpha value is -3.54. The lowest BCUT2D eigenvalue weighted by Crippen LogP contribution is -2.02. The van der Waals surface area contributed by atoms with E-state index in [0.29, 0.717) is 33.2 Å². The van der Waals surface area contributed by atoms with Gasteiger partial charge in [-0.1, -0.05) is 30.3 Å². The first-order chi connectivity index (χ1) is 12.5. The number of aromatic hydroxyl groups is 1. The predicted molar refractivity (Wildman–Crippen MR) is 95.4 cm³/mol. The fourth-order valence-corrected chi connectivity index (χ4v) is 3.21. The number of fused-ring (bicyclic) bond motifs is 3. The van der Waals surface area contributed by atoms with Crippen LogP contribution in [0.3, 0.4) is 0 Å². The molecule has 0 saturated carbocycles. The summed E-state index contributed by atoms with van der Waals surface area (Å²) in [6, 6.07) is 11.8. The molecular formula is C20H14O6. The molecule has 0 aliphatic heterocycles. The highest BCUT2D eigenvalue weighted by Gasteiger charge is 2.24. The van der Waals surface area contributed by atoms with Crippen molar-refractivity contribution in [3.8, 4) is 17.1 Å². The third-order valence-corrected chi connectivity index (χ3v) is 4.32. The monoisotopic (exact) mass is 350 g/mol. The second-order valence-electron chi connectivity index (χ2n) is 6.07. The number of furan rings is 1. The normalized spacial score (nSPS) is 11.3. The molecule has 0 aliphatic carbocycles. The first kappa shape index (κ1) is 16.0. The molecule has 0 atom stereocenters. The summed E-state index contributed by atoms with van der Waals surface area (Å²) in [5.41, 5.74) is 1.41. The van der Waals surface area contributed by atoms with Gasteiger partial charge >= 0.3 is 11.6 Å². The minimum absolute atomic E-state index is 0.0985. The fourth-order valence-electron chi connectivity index (χ4n) is 3.21. The number of phenols is 1. The summed E-state index contributed by atoms with van der Waals surface area (Å²) in [6.45, 7) is 1.72. The maximum Gasteiger partial charge on any atom is 0.336 e. The van der Waals surface area contributed by atoms with Crippen LogP contribution in [0, 0.1) is 6.92 Å². The van der Waals surface area contributed by atoms with Crippen molar-refractivity contribution in [2.24, 2.45) is 0 Å². The summed E-state index contributed by atoms with van der Waals surface area (Å²) in [7, 11) is 0. The number of phenolic OH excluding ortho intramolecular Hbond substituents is 1. The summed E-state index contributed by atoms with van der Waals surface area (Å²) in [5.74, 6) is -0.871. The van der Waals surface area contributed by atoms with Gasteiger partial charge in [-0.3, -0.25) is 4.79 Å². The average Bonchev–Trinajstić information content (AvgIpc) is 2.96. The maximum absolute atomic E-state index is 11.9. The van der Waals surface area contributed by atoms with Crippen molar-refractivity contribution in [1.29, 1.82) is 0 Å². The third kappa shape index (κ3) is 2.43. The molecule has 0 radical (unpaired) electrons. The van der Waals surface area contributed by atoms with E-state index >= 15 is 0 Å². The van der Waals surface area contributed by atoms with E-state index in [1.54, 1.807) is 31.2 Å². The fraction of sp³-hybridized carbons (Fsp3) is 0.100. The molecule has 6 heteroatoms. The molecule has 4 rings (SSSR count). The Kier molecular flexibility index (Phi) is 3.54. The van der Waals surface area contributed by atoms with Crippen LogP contribution in [0.2, 0.25) is 0 Å². The molecule has 0 aliphatic rings. The lowest BCUT2D eigenvalue weighted by molar-refractivity contribution is -0.136. The second-order valence-corrected chi connectivity index (χ2v) is 6.07. The van der Waals surface area contributed by atoms with E-state index in [2.05, 4.69) is 0 Å². The zero-order valence-electron chi connectivity index (χ0n) is 13.8. The summed E-state index contributed by atoms with van der Waals surface area (Å²) in [4.78, 5) is 23.3. The Labute approximate surface area is 146 Å². The summed E-state index contributed by atoms with van der Waals surface area (Å²) in [6.07, 6.45) is -0.340. The smallest absolute Gasteiger partial charge is 0.336 e. The second kappa shape index (κ2) is 5.77. The van der Waals surface area contributed by atoms with Gasteiger partial charge < -0.3 is 19.0 Å². The largest absolute Gasteiger partial charge is 0.504 e. The van der Waals surface area contributed by atoms with Crippen LogP contribution < -0.4 is 5.63 Å². The zero-order valence-corrected chi connectivity index (χ0v) is 13.8. The van der Waals surface area contributed by atoms with Gasteiger partial charge in [-0.15, -0.1) is 0 Å². The van der Waals surface area contributed by atoms with Gasteiger partial charge in [0, 0.05) is 22.6 Å². The minimum atomic E-state index is -1.06. The van der Waals surface area contributed by atoms with Gasteiger partial charge in [0.25, 0.3) is 0 Å². The molecule has 26 heavy (non-hydrogen) atoms. The highest BCUT2D eigenvalue weighted by molar-refractivity contribution is 6.10. The number of benzene rings is 2. The standard InChI is InChI=1S/C20H14O6/c1-10-7-16(24)25-19-12(10)8-14(21)20-17(19)13(9-15(22)23)18(26-20)11-5-3-2-4-6-11/h2-8,21H,9H2,1H3,(H,22,23). The SMILES string of the molecule is Cc1cc(=O)oc2c1cc(O)c1oc(-c3ccccc3)c(CC(=O)O)c12. The van der Waals surface area contributed by atoms with E-state index in [4.69, 9.17) is 8.83 Å². The molecule has 2 aromatic heterocycles. The van der Waals surface area contributed by atoms with Crippen LogP contribution in [0.4, 0.5) is 0 Å². The first-order valence-electron chi connectivity index (χ1n) is 7.94. The van der Waals surface area contributed by atoms with Gasteiger partial charge in [-0.25, -0.2) is 4.79 Å². The lowest BCUT2D eigenvalue weighted by Gasteiger charge is -2.04. The lowest BCUT2D eigenvalue weighted by atomic mass is 10.00. The quantitative estimate of drug-likeness (QED) is 0.544. The van der Waals surface area contributed by atoms with Gasteiger partial charge in [0.05, 0.1) is 11.8 Å². The third-order valence-electron chi connectivity index (χ3n) is 4.32. The Bertz CT molecular complexity index is 1210. The number of hydrogen-bond donors (Lipinski definition) is 2. The molecular weight excluding hydrogens is 336 g/mol. The number of carboxylic acid groups (broad SMARTS) is 1. The number of carbonyl (C=O) groups is 1. The van der Waals surface area contributed by atoms with E-state index in [0.717, 1.165) is 0 Å². The van der Waals surface area contributed by atoms with Crippen molar-refractivity contribution < 1.29 is 23.8 Å². The highest BCUT2D eigenvalue weighted by Crippen LogP contribution is 2.42. The number of hydrogen-bond acceptors (Lipinski definition) is 5. The molecule has 2 aromatic carbocycles. The Morgan fingerprint density at radius 1 is 1.08 bits per heavy atom. The molecule has 0 amide bonds. The van der Waals surface area contributed by atoms with E-state index in [9.17, 15) is 19.8 Å². The Balaban J connectivity index is 2.21. The number of rotatable bonds is 3. The topological polar surface area (TPSA) is 101 Å². The zero-order chi connectivity index (χ0) is 18.4. The van der Waals surface area contributed by atoms with Gasteiger partial charge in [0.1, 0.15) is 11.3 Å². The molecule has 0 bridgehead atoms. The molecule has 6 nitrogen and oxygen atoms in total. The van der Waals surface area contributed by atoms with E-state index < -0.39 is 11.6 Å². The van der Waals surface area contributed by atoms with E-state index in [-0.39, 0.29) is 23.3 Å². The molecule has 0 fully saturated rings. The van der Waals surface area contributed by atoms with Crippen LogP contribution in [-0.2, 0) is 11.2 Å². The number of aliphatic carboxylic acids is 1. The number of aryl methyl sites for hydroxylation is 1. The van der Waals surface area contributed by atoms with Crippen LogP contribution >= 0.6 is 0 Å². The van der Waals surface area contributed by atoms with Crippen LogP contribution in [0.15, 0.2) is 56.1 Å². The van der Waals surface area contributed by atoms with Gasteiger partial charge in [-0.2, -0.15) is 0 Å². The first-order valence-corrected chi connectivity index (χ1v) is 7.94. The minimum Gasteiger partial charge on any atom is -0.504 e. The van der Waals surface area contributed by atoms with E-state index in [1.165, 1.54) is 12.1 Å². The molecule has 0 spiro atoms. The van der Waals surface area contributed by atoms with Gasteiger partial charge in [0.15, 0.2) is 11.3 Å². The Morgan fingerprint density at radius 2 is 1.81 bits per heavy atom. The summed E-state index contributed by atoms with van der Waals surface area (Å²) in [5, 5.41) is 20.6. The van der Waals surface area contributed by atoms with Crippen molar-refractivity contribution in [3.63, 3.8) is 0 Å². The van der Waals surface area contributed by atoms with E-state index in [1.807, 2.05) is 6.07 Å². The maximum atomic E-state index is 11.9. The highest BCUT2D eigenvalue weighted by atomic mass is 16.4. The van der Waals surface area contributed by atoms with Crippen LogP contribution in [-0.4, -0.2) is 16.2 Å². The molecule has 0 unspecified atom stereocenters. The molecule has 0 saturated heterocycles. The van der Waals surface area contributed by atoms with Crippen LogP contribution in [0.5, 0.6) is 5.75 Å². The summed E-state index contributed by atoms with van der Waals surface area (Å²) < 4.78 is 11.2. The van der Waals surface area contributed by atoms with Gasteiger partial charge in [-0.05, 0) is 18.6 Å². The summed E-state index contributed by atoms with van der Waals surface area (Å²) >= 11 is 0. The van der Waals surface area contributed by atoms with Crippen molar-refractivity contribution in [3.05, 3.63) is 64.0 Å². The predicted octanol–water partition coefficient (Wildman–Crippen LogP) is 3.85. The molecule has 2 N–H and O–H groups in total. The van der Waals surface area contributed by atoms with Crippen molar-refractivity contribution in [1.82, 2.24) is 0 Å². The molecule has 4 aromatic rings. The number of carboxylic acids is 1. The van der Waals surface area contributed by atoms with Gasteiger partial charge in [0.2, 0.25) is 0 Å². The average molecular weight is 350 g/mol. The van der Waals surface area contributed by atoms with Crippen molar-refractivity contribution in [2.45, 2.75) is 13.3 Å². The molecule has 130 valence electrons.